The van der Waals surface area contributed by atoms with Gasteiger partial charge in [0.25, 0.3) is 0 Å². The van der Waals surface area contributed by atoms with Gasteiger partial charge in [-0.1, -0.05) is 0 Å². The summed E-state index contributed by atoms with van der Waals surface area (Å²) in [5, 5.41) is 0. The zero-order valence-electron chi connectivity index (χ0n) is 11.2. The molecule has 0 heterocycles. The SMILES string of the molecule is CCOC(=O)CC[C@@H](N)[C@@H](N)CCC(=O)OCC. The van der Waals surface area contributed by atoms with Gasteiger partial charge in [0.1, 0.15) is 0 Å². The van der Waals surface area contributed by atoms with Gasteiger partial charge in [-0.15, -0.1) is 0 Å². The first kappa shape index (κ1) is 16.9. The maximum Gasteiger partial charge on any atom is 0.305 e. The Bertz CT molecular complexity index is 232. The minimum Gasteiger partial charge on any atom is -0.466 e. The van der Waals surface area contributed by atoms with Crippen LogP contribution in [0.5, 0.6) is 0 Å². The Hall–Kier alpha value is -1.14. The largest absolute Gasteiger partial charge is 0.466 e. The molecule has 0 unspecified atom stereocenters. The molecule has 0 amide bonds. The van der Waals surface area contributed by atoms with Gasteiger partial charge in [0.15, 0.2) is 0 Å². The average molecular weight is 260 g/mol. The van der Waals surface area contributed by atoms with Gasteiger partial charge in [-0.3, -0.25) is 9.59 Å². The molecular formula is C12H24N2O4. The van der Waals surface area contributed by atoms with E-state index in [0.717, 1.165) is 0 Å². The lowest BCUT2D eigenvalue weighted by atomic mass is 10.0. The molecule has 0 bridgehead atoms. The summed E-state index contributed by atoms with van der Waals surface area (Å²) in [5.74, 6) is -0.545. The van der Waals surface area contributed by atoms with Crippen molar-refractivity contribution in [3.8, 4) is 0 Å². The van der Waals surface area contributed by atoms with Crippen molar-refractivity contribution in [3.63, 3.8) is 0 Å². The predicted molar refractivity (Wildman–Crippen MR) is 67.7 cm³/mol. The van der Waals surface area contributed by atoms with Crippen LogP contribution in [0.15, 0.2) is 0 Å². The van der Waals surface area contributed by atoms with Crippen molar-refractivity contribution in [2.24, 2.45) is 11.5 Å². The Morgan fingerprint density at radius 1 is 0.889 bits per heavy atom. The fourth-order valence-corrected chi connectivity index (χ4v) is 1.46. The van der Waals surface area contributed by atoms with Crippen molar-refractivity contribution in [1.82, 2.24) is 0 Å². The van der Waals surface area contributed by atoms with E-state index in [1.807, 2.05) is 0 Å². The zero-order chi connectivity index (χ0) is 14.0. The molecule has 0 aromatic rings. The minimum absolute atomic E-state index is 0.252. The molecule has 0 aliphatic rings. The molecule has 0 rings (SSSR count). The first-order valence-electron chi connectivity index (χ1n) is 6.33. The maximum atomic E-state index is 11.1. The van der Waals surface area contributed by atoms with Crippen molar-refractivity contribution < 1.29 is 19.1 Å². The summed E-state index contributed by atoms with van der Waals surface area (Å²) >= 11 is 0. The molecule has 0 fully saturated rings. The van der Waals surface area contributed by atoms with Crippen LogP contribution in [-0.2, 0) is 19.1 Å². The highest BCUT2D eigenvalue weighted by Gasteiger charge is 2.16. The number of carbonyl (C=O) groups excluding carboxylic acids is 2. The van der Waals surface area contributed by atoms with E-state index in [9.17, 15) is 9.59 Å². The van der Waals surface area contributed by atoms with Crippen LogP contribution in [0.1, 0.15) is 39.5 Å². The monoisotopic (exact) mass is 260 g/mol. The molecule has 4 N–H and O–H groups in total. The van der Waals surface area contributed by atoms with Gasteiger partial charge < -0.3 is 20.9 Å². The third-order valence-corrected chi connectivity index (χ3v) is 2.52. The smallest absolute Gasteiger partial charge is 0.305 e. The summed E-state index contributed by atoms with van der Waals surface area (Å²) in [6, 6.07) is -0.632. The summed E-state index contributed by atoms with van der Waals surface area (Å²) in [6.45, 7) is 4.23. The van der Waals surface area contributed by atoms with Crippen LogP contribution in [0, 0.1) is 0 Å². The number of nitrogens with two attached hydrogens (primary N) is 2. The first-order valence-corrected chi connectivity index (χ1v) is 6.33. The Balaban J connectivity index is 3.78. The predicted octanol–water partition coefficient (Wildman–Crippen LogP) is 0.328. The number of hydrogen-bond acceptors (Lipinski definition) is 6. The topological polar surface area (TPSA) is 105 Å². The molecule has 0 aliphatic heterocycles. The Kier molecular flexibility index (Phi) is 9.22. The van der Waals surface area contributed by atoms with Crippen molar-refractivity contribution in [2.45, 2.75) is 51.6 Å². The minimum atomic E-state index is -0.316. The van der Waals surface area contributed by atoms with E-state index >= 15 is 0 Å². The van der Waals surface area contributed by atoms with Gasteiger partial charge in [-0.25, -0.2) is 0 Å². The molecule has 0 saturated heterocycles. The highest BCUT2D eigenvalue weighted by Crippen LogP contribution is 2.06. The molecule has 0 aromatic carbocycles. The van der Waals surface area contributed by atoms with Crippen molar-refractivity contribution in [3.05, 3.63) is 0 Å². The second kappa shape index (κ2) is 9.85. The first-order chi connectivity index (χ1) is 8.51. The van der Waals surface area contributed by atoms with Gasteiger partial charge >= 0.3 is 11.9 Å². The van der Waals surface area contributed by atoms with Crippen LogP contribution in [0.3, 0.4) is 0 Å². The van der Waals surface area contributed by atoms with Crippen LogP contribution in [0.2, 0.25) is 0 Å². The molecule has 0 saturated carbocycles. The Labute approximate surface area is 108 Å². The number of hydrogen-bond donors (Lipinski definition) is 2. The van der Waals surface area contributed by atoms with Gasteiger partial charge in [0.2, 0.25) is 0 Å². The standard InChI is InChI=1S/C12H24N2O4/c1-3-17-11(15)7-5-9(13)10(14)6-8-12(16)18-4-2/h9-10H,3-8,13-14H2,1-2H3/t9-,10+. The number of esters is 2. The molecule has 106 valence electrons. The average Bonchev–Trinajstić information content (AvgIpc) is 2.33. The lowest BCUT2D eigenvalue weighted by Gasteiger charge is -2.18. The van der Waals surface area contributed by atoms with Gasteiger partial charge in [0, 0.05) is 24.9 Å². The number of carbonyl (C=O) groups is 2. The van der Waals surface area contributed by atoms with Gasteiger partial charge in [-0.2, -0.15) is 0 Å². The van der Waals surface area contributed by atoms with Crippen LogP contribution >= 0.6 is 0 Å². The highest BCUT2D eigenvalue weighted by atomic mass is 16.5. The van der Waals surface area contributed by atoms with E-state index in [4.69, 9.17) is 20.9 Å². The zero-order valence-corrected chi connectivity index (χ0v) is 11.2. The summed E-state index contributed by atoms with van der Waals surface area (Å²) in [7, 11) is 0. The fourth-order valence-electron chi connectivity index (χ4n) is 1.46. The van der Waals surface area contributed by atoms with Crippen LogP contribution in [0.25, 0.3) is 0 Å². The molecule has 2 atom stereocenters. The van der Waals surface area contributed by atoms with Crippen molar-refractivity contribution in [1.29, 1.82) is 0 Å². The third-order valence-electron chi connectivity index (χ3n) is 2.52. The fraction of sp³-hybridized carbons (Fsp3) is 0.833. The normalized spacial score (nSPS) is 13.8. The van der Waals surface area contributed by atoms with Crippen LogP contribution in [-0.4, -0.2) is 37.2 Å². The number of ether oxygens (including phenoxy) is 2. The Morgan fingerprint density at radius 3 is 1.50 bits per heavy atom. The lowest BCUT2D eigenvalue weighted by Crippen LogP contribution is -2.42. The molecule has 0 aromatic heterocycles. The van der Waals surface area contributed by atoms with E-state index in [1.54, 1.807) is 13.8 Å². The molecular weight excluding hydrogens is 236 g/mol. The van der Waals surface area contributed by atoms with E-state index in [2.05, 4.69) is 0 Å². The van der Waals surface area contributed by atoms with Crippen molar-refractivity contribution >= 4 is 11.9 Å². The van der Waals surface area contributed by atoms with E-state index in [1.165, 1.54) is 0 Å². The number of rotatable bonds is 9. The van der Waals surface area contributed by atoms with E-state index in [-0.39, 0.29) is 36.9 Å². The highest BCUT2D eigenvalue weighted by molar-refractivity contribution is 5.69. The van der Waals surface area contributed by atoms with Crippen LogP contribution in [0.4, 0.5) is 0 Å². The van der Waals surface area contributed by atoms with Crippen molar-refractivity contribution in [2.75, 3.05) is 13.2 Å². The summed E-state index contributed by atoms with van der Waals surface area (Å²) in [4.78, 5) is 22.3. The molecule has 0 radical (unpaired) electrons. The molecule has 0 aliphatic carbocycles. The van der Waals surface area contributed by atoms with E-state index in [0.29, 0.717) is 26.1 Å². The second-order valence-electron chi connectivity index (χ2n) is 4.02. The van der Waals surface area contributed by atoms with E-state index < -0.39 is 0 Å². The molecule has 0 spiro atoms. The maximum absolute atomic E-state index is 11.1. The second-order valence-corrected chi connectivity index (χ2v) is 4.02. The molecule has 6 nitrogen and oxygen atoms in total. The Morgan fingerprint density at radius 2 is 1.22 bits per heavy atom. The summed E-state index contributed by atoms with van der Waals surface area (Å²) < 4.78 is 9.59. The molecule has 6 heteroatoms. The quantitative estimate of drug-likeness (QED) is 0.579. The summed E-state index contributed by atoms with van der Waals surface area (Å²) in [6.07, 6.45) is 1.43. The van der Waals surface area contributed by atoms with Gasteiger partial charge in [0.05, 0.1) is 13.2 Å². The third kappa shape index (κ3) is 8.03. The lowest BCUT2D eigenvalue weighted by molar-refractivity contribution is -0.144. The molecule has 18 heavy (non-hydrogen) atoms. The summed E-state index contributed by atoms with van der Waals surface area (Å²) in [5.41, 5.74) is 11.7. The van der Waals surface area contributed by atoms with Gasteiger partial charge in [-0.05, 0) is 26.7 Å². The van der Waals surface area contributed by atoms with Crippen LogP contribution < -0.4 is 11.5 Å².